The summed E-state index contributed by atoms with van der Waals surface area (Å²) in [6, 6.07) is 12.8. The van der Waals surface area contributed by atoms with Crippen LogP contribution in [-0.4, -0.2) is 11.1 Å². The Morgan fingerprint density at radius 1 is 1.11 bits per heavy atom. The number of benzene rings is 2. The summed E-state index contributed by atoms with van der Waals surface area (Å²) in [6.07, 6.45) is 0. The zero-order valence-corrected chi connectivity index (χ0v) is 9.47. The summed E-state index contributed by atoms with van der Waals surface area (Å²) in [7, 11) is 0. The monoisotopic (exact) mass is 246 g/mol. The van der Waals surface area contributed by atoms with E-state index in [4.69, 9.17) is 9.84 Å². The van der Waals surface area contributed by atoms with Crippen LogP contribution in [0.5, 0.6) is 5.75 Å². The van der Waals surface area contributed by atoms with Crippen molar-refractivity contribution >= 4 is 5.97 Å². The van der Waals surface area contributed by atoms with Crippen molar-refractivity contribution in [3.8, 4) is 5.75 Å². The molecule has 0 aliphatic heterocycles. The number of para-hydroxylation sites is 1. The van der Waals surface area contributed by atoms with Crippen LogP contribution in [0, 0.1) is 5.82 Å². The van der Waals surface area contributed by atoms with Gasteiger partial charge >= 0.3 is 5.97 Å². The predicted molar refractivity (Wildman–Crippen MR) is 64.1 cm³/mol. The molecule has 4 heteroatoms. The molecule has 0 amide bonds. The normalized spacial score (nSPS) is 10.1. The summed E-state index contributed by atoms with van der Waals surface area (Å²) in [5.41, 5.74) is -0.0280. The fraction of sp³-hybridized carbons (Fsp3) is 0.0714. The first-order chi connectivity index (χ1) is 8.68. The highest BCUT2D eigenvalue weighted by Crippen LogP contribution is 2.17. The molecule has 0 saturated carbocycles. The van der Waals surface area contributed by atoms with Gasteiger partial charge in [0, 0.05) is 5.56 Å². The van der Waals surface area contributed by atoms with E-state index in [0.29, 0.717) is 5.75 Å². The predicted octanol–water partition coefficient (Wildman–Crippen LogP) is 3.10. The van der Waals surface area contributed by atoms with Crippen LogP contribution in [0.1, 0.15) is 15.9 Å². The van der Waals surface area contributed by atoms with Crippen LogP contribution in [0.4, 0.5) is 4.39 Å². The smallest absolute Gasteiger partial charge is 0.336 e. The van der Waals surface area contributed by atoms with Crippen LogP contribution in [0.15, 0.2) is 48.5 Å². The largest absolute Gasteiger partial charge is 0.489 e. The van der Waals surface area contributed by atoms with Crippen molar-refractivity contribution in [1.29, 1.82) is 0 Å². The van der Waals surface area contributed by atoms with Crippen molar-refractivity contribution in [3.05, 3.63) is 65.5 Å². The summed E-state index contributed by atoms with van der Waals surface area (Å²) >= 11 is 0. The lowest BCUT2D eigenvalue weighted by atomic mass is 10.1. The van der Waals surface area contributed by atoms with Crippen LogP contribution in [0.3, 0.4) is 0 Å². The first-order valence-electron chi connectivity index (χ1n) is 5.37. The average molecular weight is 246 g/mol. The van der Waals surface area contributed by atoms with Gasteiger partial charge in [-0.05, 0) is 24.3 Å². The highest BCUT2D eigenvalue weighted by Gasteiger charge is 2.14. The number of rotatable bonds is 4. The van der Waals surface area contributed by atoms with E-state index in [9.17, 15) is 9.18 Å². The third-order valence-corrected chi connectivity index (χ3v) is 2.48. The minimum absolute atomic E-state index is 0.0499. The number of hydrogen-bond donors (Lipinski definition) is 1. The quantitative estimate of drug-likeness (QED) is 0.901. The van der Waals surface area contributed by atoms with E-state index in [1.165, 1.54) is 18.2 Å². The lowest BCUT2D eigenvalue weighted by molar-refractivity contribution is 0.0693. The van der Waals surface area contributed by atoms with Crippen molar-refractivity contribution in [2.24, 2.45) is 0 Å². The van der Waals surface area contributed by atoms with Gasteiger partial charge in [0.15, 0.2) is 0 Å². The van der Waals surface area contributed by atoms with Gasteiger partial charge in [-0.2, -0.15) is 0 Å². The number of carboxylic acid groups (broad SMARTS) is 1. The standard InChI is InChI=1S/C14H11FO3/c15-13-8-4-7-11(14(16)17)12(13)9-18-10-5-2-1-3-6-10/h1-8H,9H2,(H,16,17). The van der Waals surface area contributed by atoms with Crippen molar-refractivity contribution < 1.29 is 19.0 Å². The number of ether oxygens (including phenoxy) is 1. The maximum Gasteiger partial charge on any atom is 0.336 e. The molecule has 3 nitrogen and oxygen atoms in total. The van der Waals surface area contributed by atoms with E-state index in [1.54, 1.807) is 24.3 Å². The third kappa shape index (κ3) is 2.66. The fourth-order valence-corrected chi connectivity index (χ4v) is 1.58. The molecule has 0 aliphatic rings. The van der Waals surface area contributed by atoms with Gasteiger partial charge in [0.05, 0.1) is 5.56 Å². The first kappa shape index (κ1) is 12.1. The summed E-state index contributed by atoms with van der Waals surface area (Å²) in [5, 5.41) is 8.97. The summed E-state index contributed by atoms with van der Waals surface area (Å²) in [6.45, 7) is -0.113. The van der Waals surface area contributed by atoms with Gasteiger partial charge in [-0.1, -0.05) is 24.3 Å². The molecule has 2 aromatic rings. The zero-order chi connectivity index (χ0) is 13.0. The van der Waals surface area contributed by atoms with E-state index >= 15 is 0 Å². The lowest BCUT2D eigenvalue weighted by Gasteiger charge is -2.09. The van der Waals surface area contributed by atoms with Crippen LogP contribution < -0.4 is 4.74 Å². The molecule has 1 N–H and O–H groups in total. The third-order valence-electron chi connectivity index (χ3n) is 2.48. The Morgan fingerprint density at radius 3 is 2.50 bits per heavy atom. The molecule has 0 aliphatic carbocycles. The summed E-state index contributed by atoms with van der Waals surface area (Å²) in [5.74, 6) is -1.18. The molecule has 0 heterocycles. The molecule has 0 aromatic heterocycles. The lowest BCUT2D eigenvalue weighted by Crippen LogP contribution is -2.08. The minimum Gasteiger partial charge on any atom is -0.489 e. The van der Waals surface area contributed by atoms with Crippen molar-refractivity contribution in [1.82, 2.24) is 0 Å². The molecule has 0 spiro atoms. The molecule has 0 saturated heterocycles. The van der Waals surface area contributed by atoms with Gasteiger partial charge in [0.1, 0.15) is 18.2 Å². The van der Waals surface area contributed by atoms with Crippen molar-refractivity contribution in [2.45, 2.75) is 6.61 Å². The first-order valence-corrected chi connectivity index (χ1v) is 5.37. The highest BCUT2D eigenvalue weighted by molar-refractivity contribution is 5.89. The van der Waals surface area contributed by atoms with E-state index in [-0.39, 0.29) is 17.7 Å². The maximum atomic E-state index is 13.6. The van der Waals surface area contributed by atoms with Crippen LogP contribution >= 0.6 is 0 Å². The molecule has 0 bridgehead atoms. The second-order valence-corrected chi connectivity index (χ2v) is 3.67. The van der Waals surface area contributed by atoms with Gasteiger partial charge in [-0.25, -0.2) is 9.18 Å². The number of carbonyl (C=O) groups is 1. The van der Waals surface area contributed by atoms with Crippen LogP contribution in [0.2, 0.25) is 0 Å². The van der Waals surface area contributed by atoms with E-state index in [2.05, 4.69) is 0 Å². The van der Waals surface area contributed by atoms with Gasteiger partial charge in [0.2, 0.25) is 0 Å². The maximum absolute atomic E-state index is 13.6. The van der Waals surface area contributed by atoms with Gasteiger partial charge in [-0.15, -0.1) is 0 Å². The molecular weight excluding hydrogens is 235 g/mol. The molecule has 18 heavy (non-hydrogen) atoms. The number of hydrogen-bond acceptors (Lipinski definition) is 2. The molecule has 0 atom stereocenters. The van der Waals surface area contributed by atoms with E-state index < -0.39 is 11.8 Å². The number of halogens is 1. The molecular formula is C14H11FO3. The van der Waals surface area contributed by atoms with Gasteiger partial charge in [-0.3, -0.25) is 0 Å². The Morgan fingerprint density at radius 2 is 1.83 bits per heavy atom. The summed E-state index contributed by atoms with van der Waals surface area (Å²) < 4.78 is 18.9. The average Bonchev–Trinajstić information content (AvgIpc) is 2.38. The Labute approximate surface area is 103 Å². The molecule has 0 fully saturated rings. The van der Waals surface area contributed by atoms with Crippen molar-refractivity contribution in [2.75, 3.05) is 0 Å². The Balaban J connectivity index is 2.21. The Kier molecular flexibility index (Phi) is 3.57. The van der Waals surface area contributed by atoms with Gasteiger partial charge in [0.25, 0.3) is 0 Å². The second-order valence-electron chi connectivity index (χ2n) is 3.67. The molecule has 0 unspecified atom stereocenters. The minimum atomic E-state index is -1.17. The zero-order valence-electron chi connectivity index (χ0n) is 9.47. The van der Waals surface area contributed by atoms with Gasteiger partial charge < -0.3 is 9.84 Å². The Bertz CT molecular complexity index is 552. The molecule has 0 radical (unpaired) electrons. The second kappa shape index (κ2) is 5.31. The fourth-order valence-electron chi connectivity index (χ4n) is 1.58. The highest BCUT2D eigenvalue weighted by atomic mass is 19.1. The SMILES string of the molecule is O=C(O)c1cccc(F)c1COc1ccccc1. The summed E-state index contributed by atoms with van der Waals surface area (Å²) in [4.78, 5) is 11.0. The van der Waals surface area contributed by atoms with E-state index in [0.717, 1.165) is 0 Å². The molecule has 92 valence electrons. The van der Waals surface area contributed by atoms with E-state index in [1.807, 2.05) is 6.07 Å². The number of carboxylic acids is 1. The Hall–Kier alpha value is -2.36. The van der Waals surface area contributed by atoms with Crippen molar-refractivity contribution in [3.63, 3.8) is 0 Å². The molecule has 2 rings (SSSR count). The van der Waals surface area contributed by atoms with Crippen LogP contribution in [-0.2, 0) is 6.61 Å². The topological polar surface area (TPSA) is 46.5 Å². The molecule has 2 aromatic carbocycles. The van der Waals surface area contributed by atoms with Crippen LogP contribution in [0.25, 0.3) is 0 Å². The number of aromatic carboxylic acids is 1.